The molecule has 34 heavy (non-hydrogen) atoms. The van der Waals surface area contributed by atoms with Crippen molar-refractivity contribution < 1.29 is 19.4 Å². The lowest BCUT2D eigenvalue weighted by Crippen LogP contribution is -2.03. The minimum atomic E-state index is -0.0897. The number of methoxy groups -OCH3 is 2. The van der Waals surface area contributed by atoms with Crippen LogP contribution in [0.3, 0.4) is 0 Å². The molecule has 10 nitrogen and oxygen atoms in total. The molecule has 0 saturated carbocycles. The first-order valence-electron chi connectivity index (χ1n) is 10.2. The molecule has 0 atom stereocenters. The standard InChI is InChI=1S/C24H22N6O4/c1-14(31)15-6-8-16(9-7-15)28-22-18(5-4-10-25-22)23-26-13-27-24(30-23)29-17-11-19(32)21(34-3)20(12-17)33-2/h4-13,32H,1-3H3,(H,25,28)(H,26,27,29,30). The summed E-state index contributed by atoms with van der Waals surface area (Å²) in [6, 6.07) is 13.9. The van der Waals surface area contributed by atoms with Crippen molar-refractivity contribution in [2.45, 2.75) is 6.92 Å². The molecular weight excluding hydrogens is 436 g/mol. The van der Waals surface area contributed by atoms with Crippen LogP contribution in [0.1, 0.15) is 17.3 Å². The van der Waals surface area contributed by atoms with Gasteiger partial charge in [0.15, 0.2) is 23.1 Å². The van der Waals surface area contributed by atoms with E-state index < -0.39 is 0 Å². The first-order valence-corrected chi connectivity index (χ1v) is 10.2. The van der Waals surface area contributed by atoms with Crippen molar-refractivity contribution in [2.75, 3.05) is 24.9 Å². The number of ketones is 1. The number of rotatable bonds is 8. The number of anilines is 4. The molecule has 0 aliphatic carbocycles. The summed E-state index contributed by atoms with van der Waals surface area (Å²) in [4.78, 5) is 28.9. The van der Waals surface area contributed by atoms with Crippen LogP contribution in [0.25, 0.3) is 11.4 Å². The number of hydrogen-bond acceptors (Lipinski definition) is 10. The van der Waals surface area contributed by atoms with Crippen molar-refractivity contribution in [3.8, 4) is 28.6 Å². The molecule has 0 unspecified atom stereocenters. The quantitative estimate of drug-likeness (QED) is 0.328. The summed E-state index contributed by atoms with van der Waals surface area (Å²) >= 11 is 0. The SMILES string of the molecule is COc1cc(Nc2ncnc(-c3cccnc3Nc3ccc(C(C)=O)cc3)n2)cc(O)c1OC. The number of nitrogens with one attached hydrogen (secondary N) is 2. The van der Waals surface area contributed by atoms with E-state index in [1.165, 1.54) is 33.5 Å². The Labute approximate surface area is 195 Å². The molecule has 0 fully saturated rings. The Morgan fingerprint density at radius 2 is 1.74 bits per heavy atom. The highest BCUT2D eigenvalue weighted by atomic mass is 16.5. The van der Waals surface area contributed by atoms with Crippen molar-refractivity contribution in [1.29, 1.82) is 0 Å². The van der Waals surface area contributed by atoms with E-state index in [9.17, 15) is 9.90 Å². The fourth-order valence-electron chi connectivity index (χ4n) is 3.24. The predicted molar refractivity (Wildman–Crippen MR) is 127 cm³/mol. The predicted octanol–water partition coefficient (Wildman–Crippen LogP) is 4.35. The summed E-state index contributed by atoms with van der Waals surface area (Å²) < 4.78 is 10.4. The molecule has 10 heteroatoms. The average Bonchev–Trinajstić information content (AvgIpc) is 2.84. The normalized spacial score (nSPS) is 10.4. The number of aromatic hydroxyl groups is 1. The second kappa shape index (κ2) is 9.82. The van der Waals surface area contributed by atoms with Crippen LogP contribution in [-0.2, 0) is 0 Å². The Bertz CT molecular complexity index is 1330. The van der Waals surface area contributed by atoms with Gasteiger partial charge in [0, 0.05) is 35.3 Å². The largest absolute Gasteiger partial charge is 0.504 e. The molecule has 2 heterocycles. The van der Waals surface area contributed by atoms with Crippen LogP contribution in [0.15, 0.2) is 61.1 Å². The summed E-state index contributed by atoms with van der Waals surface area (Å²) in [7, 11) is 2.92. The maximum Gasteiger partial charge on any atom is 0.230 e. The molecular formula is C24H22N6O4. The number of ether oxygens (including phenoxy) is 2. The highest BCUT2D eigenvalue weighted by molar-refractivity contribution is 5.94. The van der Waals surface area contributed by atoms with Crippen molar-refractivity contribution in [2.24, 2.45) is 0 Å². The molecule has 4 aromatic rings. The van der Waals surface area contributed by atoms with Gasteiger partial charge in [-0.05, 0) is 43.3 Å². The molecule has 3 N–H and O–H groups in total. The summed E-state index contributed by atoms with van der Waals surface area (Å²) in [5, 5.41) is 16.5. The number of phenolic OH excluding ortho intramolecular Hbond substituents is 1. The van der Waals surface area contributed by atoms with Gasteiger partial charge >= 0.3 is 0 Å². The first-order chi connectivity index (χ1) is 16.5. The molecule has 0 aliphatic rings. The molecule has 172 valence electrons. The third-order valence-corrected chi connectivity index (χ3v) is 4.89. The number of nitrogens with zero attached hydrogens (tertiary/aromatic N) is 4. The van der Waals surface area contributed by atoms with E-state index in [4.69, 9.17) is 9.47 Å². The first kappa shape index (κ1) is 22.5. The number of pyridine rings is 1. The second-order valence-corrected chi connectivity index (χ2v) is 7.15. The minimum absolute atomic E-state index is 0.00177. The fourth-order valence-corrected chi connectivity index (χ4v) is 3.24. The average molecular weight is 458 g/mol. The van der Waals surface area contributed by atoms with Gasteiger partial charge in [-0.25, -0.2) is 15.0 Å². The Hall–Kier alpha value is -4.73. The van der Waals surface area contributed by atoms with Gasteiger partial charge in [0.05, 0.1) is 19.8 Å². The maximum absolute atomic E-state index is 11.5. The van der Waals surface area contributed by atoms with Crippen molar-refractivity contribution in [1.82, 2.24) is 19.9 Å². The Morgan fingerprint density at radius 1 is 0.941 bits per heavy atom. The zero-order valence-electron chi connectivity index (χ0n) is 18.7. The van der Waals surface area contributed by atoms with Gasteiger partial charge in [0.25, 0.3) is 0 Å². The minimum Gasteiger partial charge on any atom is -0.504 e. The van der Waals surface area contributed by atoms with E-state index in [0.29, 0.717) is 34.2 Å². The Morgan fingerprint density at radius 3 is 2.44 bits per heavy atom. The zero-order chi connectivity index (χ0) is 24.1. The monoisotopic (exact) mass is 458 g/mol. The highest BCUT2D eigenvalue weighted by Crippen LogP contribution is 2.39. The van der Waals surface area contributed by atoms with Gasteiger partial charge in [-0.1, -0.05) is 0 Å². The van der Waals surface area contributed by atoms with E-state index in [-0.39, 0.29) is 23.2 Å². The molecule has 0 saturated heterocycles. The van der Waals surface area contributed by atoms with Gasteiger partial charge in [-0.15, -0.1) is 0 Å². The summed E-state index contributed by atoms with van der Waals surface area (Å²) in [6.45, 7) is 1.52. The lowest BCUT2D eigenvalue weighted by atomic mass is 10.1. The van der Waals surface area contributed by atoms with Gasteiger partial charge in [-0.2, -0.15) is 4.98 Å². The molecule has 2 aromatic carbocycles. The smallest absolute Gasteiger partial charge is 0.230 e. The summed E-state index contributed by atoms with van der Waals surface area (Å²) in [5.41, 5.74) is 2.54. The fraction of sp³-hybridized carbons (Fsp3) is 0.125. The topological polar surface area (TPSA) is 131 Å². The molecule has 0 bridgehead atoms. The molecule has 4 rings (SSSR count). The van der Waals surface area contributed by atoms with Crippen LogP contribution in [0.2, 0.25) is 0 Å². The number of benzene rings is 2. The molecule has 0 radical (unpaired) electrons. The van der Waals surface area contributed by atoms with Crippen LogP contribution in [0.4, 0.5) is 23.1 Å². The van der Waals surface area contributed by atoms with Crippen molar-refractivity contribution in [3.63, 3.8) is 0 Å². The summed E-state index contributed by atoms with van der Waals surface area (Å²) in [5.74, 6) is 1.68. The van der Waals surface area contributed by atoms with Gasteiger partial charge in [0.1, 0.15) is 12.1 Å². The van der Waals surface area contributed by atoms with Gasteiger partial charge in [0.2, 0.25) is 11.7 Å². The van der Waals surface area contributed by atoms with Crippen molar-refractivity contribution in [3.05, 3.63) is 66.6 Å². The lowest BCUT2D eigenvalue weighted by Gasteiger charge is -2.13. The second-order valence-electron chi connectivity index (χ2n) is 7.15. The number of carbonyl (C=O) groups is 1. The van der Waals surface area contributed by atoms with E-state index >= 15 is 0 Å². The van der Waals surface area contributed by atoms with Crippen molar-refractivity contribution >= 4 is 28.9 Å². The number of hydrogen-bond donors (Lipinski definition) is 3. The van der Waals surface area contributed by atoms with Crippen LogP contribution >= 0.6 is 0 Å². The van der Waals surface area contributed by atoms with E-state index in [1.807, 2.05) is 6.07 Å². The number of phenols is 1. The Balaban J connectivity index is 1.61. The van der Waals surface area contributed by atoms with Crippen LogP contribution in [0.5, 0.6) is 17.2 Å². The van der Waals surface area contributed by atoms with Gasteiger partial charge in [-0.3, -0.25) is 4.79 Å². The zero-order valence-corrected chi connectivity index (χ0v) is 18.7. The molecule has 0 aliphatic heterocycles. The molecule has 0 amide bonds. The van der Waals surface area contributed by atoms with E-state index in [1.54, 1.807) is 42.6 Å². The number of Topliss-reactive ketones (excluding diaryl/α,β-unsaturated/α-hetero) is 1. The van der Waals surface area contributed by atoms with Crippen LogP contribution < -0.4 is 20.1 Å². The molecule has 2 aromatic heterocycles. The maximum atomic E-state index is 11.5. The molecule has 0 spiro atoms. The Kier molecular flexibility index (Phi) is 6.49. The third kappa shape index (κ3) is 4.85. The van der Waals surface area contributed by atoms with Crippen LogP contribution in [0, 0.1) is 0 Å². The summed E-state index contributed by atoms with van der Waals surface area (Å²) in [6.07, 6.45) is 3.03. The van der Waals surface area contributed by atoms with Gasteiger partial charge < -0.3 is 25.2 Å². The van der Waals surface area contributed by atoms with E-state index in [2.05, 4.69) is 30.6 Å². The van der Waals surface area contributed by atoms with E-state index in [0.717, 1.165) is 5.69 Å². The lowest BCUT2D eigenvalue weighted by molar-refractivity contribution is 0.101. The number of aromatic nitrogens is 4. The highest BCUT2D eigenvalue weighted by Gasteiger charge is 2.14. The number of carbonyl (C=O) groups excluding carboxylic acids is 1. The third-order valence-electron chi connectivity index (χ3n) is 4.89. The van der Waals surface area contributed by atoms with Crippen LogP contribution in [-0.4, -0.2) is 45.0 Å².